The lowest BCUT2D eigenvalue weighted by Gasteiger charge is -2.10. The topological polar surface area (TPSA) is 82.3 Å². The summed E-state index contributed by atoms with van der Waals surface area (Å²) in [4.78, 5) is 10.9. The molecule has 0 aliphatic rings. The quantitative estimate of drug-likeness (QED) is 0.890. The van der Waals surface area contributed by atoms with Gasteiger partial charge in [0.05, 0.1) is 23.9 Å². The van der Waals surface area contributed by atoms with E-state index in [1.165, 1.54) is 19.2 Å². The number of ether oxygens (including phenoxy) is 1. The summed E-state index contributed by atoms with van der Waals surface area (Å²) in [6.45, 7) is 0. The highest BCUT2D eigenvalue weighted by Gasteiger charge is 2.07. The van der Waals surface area contributed by atoms with Gasteiger partial charge in [-0.3, -0.25) is 0 Å². The number of carboxylic acids is 1. The van der Waals surface area contributed by atoms with Crippen molar-refractivity contribution in [1.82, 2.24) is 0 Å². The fourth-order valence-electron chi connectivity index (χ4n) is 1.74. The lowest BCUT2D eigenvalue weighted by Crippen LogP contribution is -1.99. The molecule has 100 valence electrons. The number of aromatic carboxylic acids is 1. The second kappa shape index (κ2) is 5.76. The Morgan fingerprint density at radius 3 is 2.75 bits per heavy atom. The lowest BCUT2D eigenvalue weighted by molar-refractivity contribution is 0.0697. The van der Waals surface area contributed by atoms with Crippen LogP contribution in [-0.4, -0.2) is 18.2 Å². The first-order valence-electron chi connectivity index (χ1n) is 5.82. The van der Waals surface area contributed by atoms with Gasteiger partial charge < -0.3 is 15.2 Å². The molecule has 5 nitrogen and oxygen atoms in total. The van der Waals surface area contributed by atoms with E-state index in [1.807, 2.05) is 0 Å². The van der Waals surface area contributed by atoms with Crippen molar-refractivity contribution >= 4 is 17.3 Å². The van der Waals surface area contributed by atoms with E-state index in [9.17, 15) is 4.79 Å². The van der Waals surface area contributed by atoms with Gasteiger partial charge in [0.25, 0.3) is 0 Å². The molecule has 0 aromatic heterocycles. The largest absolute Gasteiger partial charge is 0.497 e. The molecular weight excluding hydrogens is 256 g/mol. The molecule has 0 heterocycles. The second-order valence-corrected chi connectivity index (χ2v) is 4.03. The van der Waals surface area contributed by atoms with Gasteiger partial charge in [0.1, 0.15) is 11.8 Å². The SMILES string of the molecule is COc1ccc(C#N)c(Nc2cccc(C(=O)O)c2)c1. The molecule has 0 saturated heterocycles. The van der Waals surface area contributed by atoms with Crippen molar-refractivity contribution in [3.63, 3.8) is 0 Å². The highest BCUT2D eigenvalue weighted by molar-refractivity contribution is 5.89. The molecule has 0 atom stereocenters. The van der Waals surface area contributed by atoms with Crippen molar-refractivity contribution in [2.45, 2.75) is 0 Å². The van der Waals surface area contributed by atoms with Gasteiger partial charge in [-0.25, -0.2) is 4.79 Å². The van der Waals surface area contributed by atoms with E-state index in [0.29, 0.717) is 22.7 Å². The third kappa shape index (κ3) is 2.87. The summed E-state index contributed by atoms with van der Waals surface area (Å²) < 4.78 is 5.11. The predicted octanol–water partition coefficient (Wildman–Crippen LogP) is 3.01. The van der Waals surface area contributed by atoms with Crippen molar-refractivity contribution in [1.29, 1.82) is 5.26 Å². The molecule has 0 spiro atoms. The van der Waals surface area contributed by atoms with Crippen LogP contribution in [0.4, 0.5) is 11.4 Å². The number of nitrogens with zero attached hydrogens (tertiary/aromatic N) is 1. The van der Waals surface area contributed by atoms with E-state index in [0.717, 1.165) is 0 Å². The summed E-state index contributed by atoms with van der Waals surface area (Å²) in [6, 6.07) is 13.5. The third-order valence-corrected chi connectivity index (χ3v) is 2.74. The van der Waals surface area contributed by atoms with Crippen molar-refractivity contribution in [2.75, 3.05) is 12.4 Å². The zero-order chi connectivity index (χ0) is 14.5. The summed E-state index contributed by atoms with van der Waals surface area (Å²) in [5, 5.41) is 21.1. The van der Waals surface area contributed by atoms with Gasteiger partial charge in [-0.2, -0.15) is 5.26 Å². The number of carbonyl (C=O) groups is 1. The minimum absolute atomic E-state index is 0.177. The number of benzene rings is 2. The maximum atomic E-state index is 10.9. The first-order chi connectivity index (χ1) is 9.63. The van der Waals surface area contributed by atoms with Crippen LogP contribution in [0.1, 0.15) is 15.9 Å². The minimum Gasteiger partial charge on any atom is -0.497 e. The molecule has 0 fully saturated rings. The molecule has 5 heteroatoms. The zero-order valence-corrected chi connectivity index (χ0v) is 10.8. The van der Waals surface area contributed by atoms with Crippen molar-refractivity contribution in [2.24, 2.45) is 0 Å². The predicted molar refractivity (Wildman–Crippen MR) is 74.4 cm³/mol. The minimum atomic E-state index is -1.00. The summed E-state index contributed by atoms with van der Waals surface area (Å²) in [5.41, 5.74) is 1.78. The van der Waals surface area contributed by atoms with Crippen LogP contribution < -0.4 is 10.1 Å². The van der Waals surface area contributed by atoms with Crippen LogP contribution in [0.15, 0.2) is 42.5 Å². The van der Waals surface area contributed by atoms with Crippen LogP contribution in [0.5, 0.6) is 5.75 Å². The van der Waals surface area contributed by atoms with Crippen molar-refractivity contribution < 1.29 is 14.6 Å². The maximum absolute atomic E-state index is 10.9. The number of hydrogen-bond donors (Lipinski definition) is 2. The highest BCUT2D eigenvalue weighted by atomic mass is 16.5. The number of rotatable bonds is 4. The molecule has 2 aromatic carbocycles. The van der Waals surface area contributed by atoms with Crippen LogP contribution in [0, 0.1) is 11.3 Å². The van der Waals surface area contributed by atoms with Gasteiger partial charge in [0.2, 0.25) is 0 Å². The van der Waals surface area contributed by atoms with E-state index >= 15 is 0 Å². The first kappa shape index (κ1) is 13.4. The Hall–Kier alpha value is -3.00. The number of nitrogens with one attached hydrogen (secondary N) is 1. The van der Waals surface area contributed by atoms with E-state index in [1.54, 1.807) is 30.3 Å². The van der Waals surface area contributed by atoms with Gasteiger partial charge >= 0.3 is 5.97 Å². The molecule has 20 heavy (non-hydrogen) atoms. The molecule has 0 saturated carbocycles. The van der Waals surface area contributed by atoms with Gasteiger partial charge in [0, 0.05) is 11.8 Å². The number of hydrogen-bond acceptors (Lipinski definition) is 4. The number of carboxylic acid groups (broad SMARTS) is 1. The third-order valence-electron chi connectivity index (χ3n) is 2.74. The Kier molecular flexibility index (Phi) is 3.87. The molecule has 0 unspecified atom stereocenters. The van der Waals surface area contributed by atoms with E-state index in [4.69, 9.17) is 15.1 Å². The van der Waals surface area contributed by atoms with Crippen molar-refractivity contribution in [3.05, 3.63) is 53.6 Å². The van der Waals surface area contributed by atoms with Crippen LogP contribution in [0.3, 0.4) is 0 Å². The molecule has 2 aromatic rings. The van der Waals surface area contributed by atoms with Crippen LogP contribution >= 0.6 is 0 Å². The van der Waals surface area contributed by atoms with E-state index in [-0.39, 0.29) is 5.56 Å². The Bertz CT molecular complexity index is 690. The molecular formula is C15H12N2O3. The second-order valence-electron chi connectivity index (χ2n) is 4.03. The number of anilines is 2. The molecule has 0 radical (unpaired) electrons. The number of methoxy groups -OCH3 is 1. The highest BCUT2D eigenvalue weighted by Crippen LogP contribution is 2.25. The Morgan fingerprint density at radius 1 is 1.30 bits per heavy atom. The first-order valence-corrected chi connectivity index (χ1v) is 5.82. The van der Waals surface area contributed by atoms with Crippen LogP contribution in [-0.2, 0) is 0 Å². The number of nitriles is 1. The van der Waals surface area contributed by atoms with Crippen LogP contribution in [0.25, 0.3) is 0 Å². The fraction of sp³-hybridized carbons (Fsp3) is 0.0667. The molecule has 0 aliphatic carbocycles. The average molecular weight is 268 g/mol. The average Bonchev–Trinajstić information content (AvgIpc) is 2.47. The summed E-state index contributed by atoms with van der Waals surface area (Å²) in [5.74, 6) is -0.388. The molecule has 2 N–H and O–H groups in total. The summed E-state index contributed by atoms with van der Waals surface area (Å²) in [6.07, 6.45) is 0. The Balaban J connectivity index is 2.36. The normalized spacial score (nSPS) is 9.60. The summed E-state index contributed by atoms with van der Waals surface area (Å²) in [7, 11) is 1.54. The maximum Gasteiger partial charge on any atom is 0.335 e. The van der Waals surface area contributed by atoms with Gasteiger partial charge in [-0.1, -0.05) is 6.07 Å². The molecule has 0 bridgehead atoms. The fourth-order valence-corrected chi connectivity index (χ4v) is 1.74. The van der Waals surface area contributed by atoms with Gasteiger partial charge in [-0.05, 0) is 30.3 Å². The molecule has 0 amide bonds. The Labute approximate surface area is 116 Å². The van der Waals surface area contributed by atoms with E-state index < -0.39 is 5.97 Å². The summed E-state index contributed by atoms with van der Waals surface area (Å²) >= 11 is 0. The van der Waals surface area contributed by atoms with Crippen molar-refractivity contribution in [3.8, 4) is 11.8 Å². The van der Waals surface area contributed by atoms with Gasteiger partial charge in [-0.15, -0.1) is 0 Å². The zero-order valence-electron chi connectivity index (χ0n) is 10.8. The molecule has 0 aliphatic heterocycles. The van der Waals surface area contributed by atoms with Gasteiger partial charge in [0.15, 0.2) is 0 Å². The van der Waals surface area contributed by atoms with Crippen LogP contribution in [0.2, 0.25) is 0 Å². The Morgan fingerprint density at radius 2 is 2.10 bits per heavy atom. The smallest absolute Gasteiger partial charge is 0.335 e. The molecule has 2 rings (SSSR count). The van der Waals surface area contributed by atoms with E-state index in [2.05, 4.69) is 11.4 Å². The monoisotopic (exact) mass is 268 g/mol. The standard InChI is InChI=1S/C15H12N2O3/c1-20-13-6-5-11(9-16)14(8-13)17-12-4-2-3-10(7-12)15(18)19/h2-8,17H,1H3,(H,18,19). The lowest BCUT2D eigenvalue weighted by atomic mass is 10.1.